The molecule has 0 heterocycles. The number of carbonyl (C=O) groups is 1. The van der Waals surface area contributed by atoms with Crippen LogP contribution >= 0.6 is 11.6 Å². The van der Waals surface area contributed by atoms with Gasteiger partial charge in [0.2, 0.25) is 5.91 Å². The van der Waals surface area contributed by atoms with Crippen molar-refractivity contribution < 1.29 is 9.72 Å². The Morgan fingerprint density at radius 3 is 2.50 bits per heavy atom. The number of halogens is 1. The quantitative estimate of drug-likeness (QED) is 0.668. The summed E-state index contributed by atoms with van der Waals surface area (Å²) in [6.45, 7) is 1.34. The average Bonchev–Trinajstić information content (AvgIpc) is 2.32. The van der Waals surface area contributed by atoms with Gasteiger partial charge in [-0.1, -0.05) is 35.9 Å². The van der Waals surface area contributed by atoms with Crippen LogP contribution < -0.4 is 5.32 Å². The van der Waals surface area contributed by atoms with Gasteiger partial charge in [-0.25, -0.2) is 0 Å². The summed E-state index contributed by atoms with van der Waals surface area (Å²) in [5.74, 6) is -0.295. The van der Waals surface area contributed by atoms with Gasteiger partial charge in [0.15, 0.2) is 0 Å². The lowest BCUT2D eigenvalue weighted by Crippen LogP contribution is -2.07. The Kier molecular flexibility index (Phi) is 3.16. The molecule has 0 radical (unpaired) electrons. The minimum Gasteiger partial charge on any atom is -0.326 e. The number of amides is 1. The highest BCUT2D eigenvalue weighted by molar-refractivity contribution is 6.38. The molecule has 1 amide bonds. The van der Waals surface area contributed by atoms with Crippen LogP contribution in [-0.4, -0.2) is 10.8 Å². The second kappa shape index (κ2) is 4.62. The smallest absolute Gasteiger partial charge is 0.290 e. The highest BCUT2D eigenvalue weighted by atomic mass is 35.5. The Hall–Kier alpha value is -2.14. The molecule has 6 heteroatoms. The van der Waals surface area contributed by atoms with Crippen molar-refractivity contribution in [2.24, 2.45) is 0 Å². The van der Waals surface area contributed by atoms with E-state index in [4.69, 9.17) is 11.6 Å². The normalized spacial score (nSPS) is 10.3. The number of anilines is 1. The maximum Gasteiger partial charge on any atom is 0.290 e. The summed E-state index contributed by atoms with van der Waals surface area (Å²) < 4.78 is 0. The summed E-state index contributed by atoms with van der Waals surface area (Å²) in [5, 5.41) is 14.8. The predicted molar refractivity (Wildman–Crippen MR) is 69.9 cm³/mol. The zero-order chi connectivity index (χ0) is 13.3. The van der Waals surface area contributed by atoms with E-state index in [-0.39, 0.29) is 16.6 Å². The summed E-state index contributed by atoms with van der Waals surface area (Å²) in [6.07, 6.45) is 0. The third-order valence-electron chi connectivity index (χ3n) is 2.47. The number of hydrogen-bond donors (Lipinski definition) is 1. The van der Waals surface area contributed by atoms with Crippen molar-refractivity contribution in [3.63, 3.8) is 0 Å². The molecule has 0 aromatic heterocycles. The summed E-state index contributed by atoms with van der Waals surface area (Å²) in [4.78, 5) is 21.5. The lowest BCUT2D eigenvalue weighted by atomic mass is 10.1. The fraction of sp³-hybridized carbons (Fsp3) is 0.0833. The number of hydrogen-bond acceptors (Lipinski definition) is 3. The number of carbonyl (C=O) groups excluding carboxylic acids is 1. The molecular formula is C12H9ClN2O3. The van der Waals surface area contributed by atoms with Crippen LogP contribution in [0.15, 0.2) is 30.3 Å². The van der Waals surface area contributed by atoms with Crippen LogP contribution in [0.1, 0.15) is 6.92 Å². The molecule has 2 aromatic carbocycles. The van der Waals surface area contributed by atoms with Crippen LogP contribution in [0.5, 0.6) is 0 Å². The van der Waals surface area contributed by atoms with E-state index in [1.54, 1.807) is 24.3 Å². The number of rotatable bonds is 2. The summed E-state index contributed by atoms with van der Waals surface area (Å²) in [6, 6.07) is 8.20. The van der Waals surface area contributed by atoms with Gasteiger partial charge in [0.25, 0.3) is 5.69 Å². The van der Waals surface area contributed by atoms with Gasteiger partial charge in [-0.2, -0.15) is 0 Å². The van der Waals surface area contributed by atoms with E-state index in [1.165, 1.54) is 13.0 Å². The minimum atomic E-state index is -0.569. The fourth-order valence-corrected chi connectivity index (χ4v) is 2.04. The molecule has 5 nitrogen and oxygen atoms in total. The SMILES string of the molecule is CC(=O)Nc1cc([N+](=O)[O-])c(Cl)c2ccccc12. The lowest BCUT2D eigenvalue weighted by Gasteiger charge is -2.08. The molecule has 0 spiro atoms. The van der Waals surface area contributed by atoms with Crippen LogP contribution in [0.4, 0.5) is 11.4 Å². The molecule has 0 saturated carbocycles. The number of nitro benzene ring substituents is 1. The molecular weight excluding hydrogens is 256 g/mol. The first-order valence-electron chi connectivity index (χ1n) is 5.14. The van der Waals surface area contributed by atoms with Crippen molar-refractivity contribution in [1.82, 2.24) is 0 Å². The highest BCUT2D eigenvalue weighted by Crippen LogP contribution is 2.37. The van der Waals surface area contributed by atoms with Crippen molar-refractivity contribution in [3.05, 3.63) is 45.5 Å². The Balaban J connectivity index is 2.79. The number of nitro groups is 1. The third-order valence-corrected chi connectivity index (χ3v) is 2.86. The zero-order valence-electron chi connectivity index (χ0n) is 9.44. The maximum atomic E-state index is 11.1. The molecule has 0 aliphatic rings. The van der Waals surface area contributed by atoms with Crippen LogP contribution in [0, 0.1) is 10.1 Å². The van der Waals surface area contributed by atoms with E-state index < -0.39 is 4.92 Å². The second-order valence-electron chi connectivity index (χ2n) is 3.74. The summed E-state index contributed by atoms with van der Waals surface area (Å²) >= 11 is 5.99. The molecule has 92 valence electrons. The van der Waals surface area contributed by atoms with Gasteiger partial charge in [0.1, 0.15) is 5.02 Å². The van der Waals surface area contributed by atoms with E-state index in [2.05, 4.69) is 5.32 Å². The predicted octanol–water partition coefficient (Wildman–Crippen LogP) is 3.36. The molecule has 0 aliphatic carbocycles. The molecule has 1 N–H and O–H groups in total. The molecule has 0 fully saturated rings. The second-order valence-corrected chi connectivity index (χ2v) is 4.12. The largest absolute Gasteiger partial charge is 0.326 e. The van der Waals surface area contributed by atoms with Gasteiger partial charge in [-0.3, -0.25) is 14.9 Å². The molecule has 0 unspecified atom stereocenters. The molecule has 0 bridgehead atoms. The fourth-order valence-electron chi connectivity index (χ4n) is 1.75. The molecule has 2 rings (SSSR count). The summed E-state index contributed by atoms with van der Waals surface area (Å²) in [7, 11) is 0. The van der Waals surface area contributed by atoms with Crippen LogP contribution in [0.2, 0.25) is 5.02 Å². The molecule has 0 atom stereocenters. The first kappa shape index (κ1) is 12.3. The third kappa shape index (κ3) is 2.12. The first-order valence-corrected chi connectivity index (χ1v) is 5.51. The van der Waals surface area contributed by atoms with Crippen molar-refractivity contribution >= 4 is 39.7 Å². The molecule has 0 saturated heterocycles. The summed E-state index contributed by atoms with van der Waals surface area (Å²) in [5.41, 5.74) is 0.160. The van der Waals surface area contributed by atoms with E-state index >= 15 is 0 Å². The molecule has 0 aliphatic heterocycles. The Morgan fingerprint density at radius 2 is 1.94 bits per heavy atom. The maximum absolute atomic E-state index is 11.1. The monoisotopic (exact) mass is 264 g/mol. The topological polar surface area (TPSA) is 72.2 Å². The van der Waals surface area contributed by atoms with Gasteiger partial charge in [-0.05, 0) is 0 Å². The van der Waals surface area contributed by atoms with Crippen molar-refractivity contribution in [2.75, 3.05) is 5.32 Å². The Bertz CT molecular complexity index is 655. The number of fused-ring (bicyclic) bond motifs is 1. The van der Waals surface area contributed by atoms with Gasteiger partial charge >= 0.3 is 0 Å². The Morgan fingerprint density at radius 1 is 1.33 bits per heavy atom. The zero-order valence-corrected chi connectivity index (χ0v) is 10.2. The van der Waals surface area contributed by atoms with Crippen molar-refractivity contribution in [2.45, 2.75) is 6.92 Å². The Labute approximate surface area is 108 Å². The van der Waals surface area contributed by atoms with Gasteiger partial charge in [-0.15, -0.1) is 0 Å². The molecule has 2 aromatic rings. The molecule has 18 heavy (non-hydrogen) atoms. The van der Waals surface area contributed by atoms with E-state index in [1.807, 2.05) is 0 Å². The number of nitrogens with one attached hydrogen (secondary N) is 1. The first-order chi connectivity index (χ1) is 8.50. The minimum absolute atomic E-state index is 0.0738. The van der Waals surface area contributed by atoms with Crippen LogP contribution in [0.25, 0.3) is 10.8 Å². The van der Waals surface area contributed by atoms with Crippen molar-refractivity contribution in [1.29, 1.82) is 0 Å². The van der Waals surface area contributed by atoms with Crippen LogP contribution in [0.3, 0.4) is 0 Å². The lowest BCUT2D eigenvalue weighted by molar-refractivity contribution is -0.384. The van der Waals surface area contributed by atoms with E-state index in [9.17, 15) is 14.9 Å². The number of nitrogens with zero attached hydrogens (tertiary/aromatic N) is 1. The van der Waals surface area contributed by atoms with E-state index in [0.29, 0.717) is 16.5 Å². The van der Waals surface area contributed by atoms with Gasteiger partial charge < -0.3 is 5.32 Å². The highest BCUT2D eigenvalue weighted by Gasteiger charge is 2.18. The van der Waals surface area contributed by atoms with E-state index in [0.717, 1.165) is 0 Å². The average molecular weight is 265 g/mol. The number of benzene rings is 2. The standard InChI is InChI=1S/C12H9ClN2O3/c1-7(16)14-10-6-11(15(17)18)12(13)9-5-3-2-4-8(9)10/h2-6H,1H3,(H,14,16). The van der Waals surface area contributed by atoms with Crippen molar-refractivity contribution in [3.8, 4) is 0 Å². The van der Waals surface area contributed by atoms with Crippen LogP contribution in [-0.2, 0) is 4.79 Å². The van der Waals surface area contributed by atoms with Gasteiger partial charge in [0.05, 0.1) is 10.6 Å². The van der Waals surface area contributed by atoms with Gasteiger partial charge in [0, 0.05) is 23.8 Å².